The lowest BCUT2D eigenvalue weighted by molar-refractivity contribution is -0.142. The van der Waals surface area contributed by atoms with Gasteiger partial charge in [-0.15, -0.1) is 0 Å². The van der Waals surface area contributed by atoms with E-state index in [2.05, 4.69) is 20.9 Å². The van der Waals surface area contributed by atoms with Crippen molar-refractivity contribution in [2.45, 2.75) is 63.7 Å². The van der Waals surface area contributed by atoms with Gasteiger partial charge in [0.15, 0.2) is 0 Å². The van der Waals surface area contributed by atoms with Crippen LogP contribution in [-0.4, -0.2) is 76.2 Å². The van der Waals surface area contributed by atoms with Crippen LogP contribution in [0.2, 0.25) is 0 Å². The normalized spacial score (nSPS) is 14.5. The van der Waals surface area contributed by atoms with Gasteiger partial charge in [0.1, 0.15) is 24.2 Å². The Bertz CT molecular complexity index is 1070. The number of fused-ring (bicyclic) bond motifs is 1. The molecule has 0 saturated carbocycles. The number of carboxylic acids is 1. The van der Waals surface area contributed by atoms with Crippen molar-refractivity contribution in [2.75, 3.05) is 13.2 Å². The Labute approximate surface area is 215 Å². The number of aliphatic hydroxyl groups is 1. The van der Waals surface area contributed by atoms with Crippen molar-refractivity contribution in [3.8, 4) is 0 Å². The number of nitrogens with two attached hydrogens (primary N) is 2. The minimum atomic E-state index is -1.20. The molecule has 12 heteroatoms. The third-order valence-corrected chi connectivity index (χ3v) is 6.07. The fourth-order valence-electron chi connectivity index (χ4n) is 3.89. The summed E-state index contributed by atoms with van der Waals surface area (Å²) in [6.45, 7) is 3.23. The fraction of sp³-hybridized carbons (Fsp3) is 0.520. The number of amides is 3. The molecule has 2 aromatic rings. The number of rotatable bonds is 15. The summed E-state index contributed by atoms with van der Waals surface area (Å²) in [5.41, 5.74) is 12.7. The molecule has 1 aromatic heterocycles. The van der Waals surface area contributed by atoms with Crippen LogP contribution in [0.4, 0.5) is 0 Å². The molecule has 0 radical (unpaired) electrons. The summed E-state index contributed by atoms with van der Waals surface area (Å²) in [4.78, 5) is 53.6. The van der Waals surface area contributed by atoms with Crippen LogP contribution in [0.15, 0.2) is 30.5 Å². The molecule has 3 amide bonds. The summed E-state index contributed by atoms with van der Waals surface area (Å²) in [5.74, 6) is -3.56. The number of carbonyl (C=O) groups excluding carboxylic acids is 3. The van der Waals surface area contributed by atoms with E-state index in [-0.39, 0.29) is 18.8 Å². The maximum Gasteiger partial charge on any atom is 0.326 e. The quantitative estimate of drug-likeness (QED) is 0.142. The van der Waals surface area contributed by atoms with Gasteiger partial charge in [-0.3, -0.25) is 14.4 Å². The Morgan fingerprint density at radius 2 is 1.65 bits per heavy atom. The number of nitrogens with one attached hydrogen (secondary N) is 4. The van der Waals surface area contributed by atoms with Gasteiger partial charge in [0.25, 0.3) is 0 Å². The van der Waals surface area contributed by atoms with Gasteiger partial charge in [-0.1, -0.05) is 32.0 Å². The van der Waals surface area contributed by atoms with Crippen molar-refractivity contribution in [3.05, 3.63) is 36.0 Å². The molecule has 2 rings (SSSR count). The Hall–Kier alpha value is -3.48. The molecule has 1 aromatic carbocycles. The predicted octanol–water partition coefficient (Wildman–Crippen LogP) is -0.646. The van der Waals surface area contributed by atoms with E-state index < -0.39 is 54.5 Å². The molecule has 12 nitrogen and oxygen atoms in total. The molecule has 0 spiro atoms. The highest BCUT2D eigenvalue weighted by atomic mass is 16.4. The number of hydrogen-bond donors (Lipinski definition) is 8. The fourth-order valence-corrected chi connectivity index (χ4v) is 3.89. The van der Waals surface area contributed by atoms with Crippen molar-refractivity contribution in [2.24, 2.45) is 17.4 Å². The molecule has 0 aliphatic rings. The Balaban J connectivity index is 2.29. The van der Waals surface area contributed by atoms with Crippen LogP contribution in [0.1, 0.15) is 38.7 Å². The monoisotopic (exact) mass is 518 g/mol. The third kappa shape index (κ3) is 8.55. The Morgan fingerprint density at radius 3 is 2.27 bits per heavy atom. The van der Waals surface area contributed by atoms with Crippen molar-refractivity contribution >= 4 is 34.6 Å². The molecule has 0 fully saturated rings. The molecular weight excluding hydrogens is 480 g/mol. The zero-order valence-electron chi connectivity index (χ0n) is 21.2. The molecule has 10 N–H and O–H groups in total. The van der Waals surface area contributed by atoms with E-state index in [0.29, 0.717) is 19.4 Å². The number of aliphatic hydroxyl groups excluding tert-OH is 1. The summed E-state index contributed by atoms with van der Waals surface area (Å²) in [5, 5.41) is 27.3. The number of hydrogen-bond acceptors (Lipinski definition) is 7. The van der Waals surface area contributed by atoms with Crippen LogP contribution in [0.5, 0.6) is 0 Å². The second-order valence-corrected chi connectivity index (χ2v) is 9.33. The first kappa shape index (κ1) is 29.7. The van der Waals surface area contributed by atoms with Crippen LogP contribution in [0.25, 0.3) is 10.9 Å². The molecule has 4 unspecified atom stereocenters. The number of carbonyl (C=O) groups is 4. The zero-order valence-corrected chi connectivity index (χ0v) is 21.2. The predicted molar refractivity (Wildman–Crippen MR) is 138 cm³/mol. The first-order chi connectivity index (χ1) is 17.6. The van der Waals surface area contributed by atoms with E-state index in [1.165, 1.54) is 0 Å². The molecule has 0 aliphatic carbocycles. The first-order valence-corrected chi connectivity index (χ1v) is 12.3. The third-order valence-electron chi connectivity index (χ3n) is 6.07. The summed E-state index contributed by atoms with van der Waals surface area (Å²) < 4.78 is 0. The Kier molecular flexibility index (Phi) is 11.5. The van der Waals surface area contributed by atoms with Crippen molar-refractivity contribution < 1.29 is 29.4 Å². The van der Waals surface area contributed by atoms with Crippen molar-refractivity contribution in [1.82, 2.24) is 20.9 Å². The number of aromatic nitrogens is 1. The molecule has 204 valence electrons. The van der Waals surface area contributed by atoms with Gasteiger partial charge in [-0.25, -0.2) is 4.79 Å². The standard InChI is InChI=1S/C25H38N6O6/c1-14(2)21(31-22(33)17(27)13-32)24(35)30-20(11-15-12-28-18-8-4-3-7-16(15)18)23(34)29-19(25(36)37)9-5-6-10-26/h3-4,7-8,12,14,17,19-21,28,32H,5-6,9-11,13,26-27H2,1-2H3,(H,29,34)(H,30,35)(H,31,33)(H,36,37). The number of aromatic amines is 1. The SMILES string of the molecule is CC(C)C(NC(=O)C(N)CO)C(=O)NC(Cc1c[nH]c2ccccc12)C(=O)NC(CCCCN)C(=O)O. The van der Waals surface area contributed by atoms with Gasteiger partial charge in [0.2, 0.25) is 17.7 Å². The van der Waals surface area contributed by atoms with Gasteiger partial charge >= 0.3 is 5.97 Å². The zero-order chi connectivity index (χ0) is 27.5. The maximum absolute atomic E-state index is 13.3. The average Bonchev–Trinajstić information content (AvgIpc) is 3.27. The number of aliphatic carboxylic acids is 1. The van der Waals surface area contributed by atoms with Crippen molar-refractivity contribution in [1.29, 1.82) is 0 Å². The highest BCUT2D eigenvalue weighted by molar-refractivity contribution is 5.95. The number of para-hydroxylation sites is 1. The van der Waals surface area contributed by atoms with Crippen molar-refractivity contribution in [3.63, 3.8) is 0 Å². The highest BCUT2D eigenvalue weighted by Crippen LogP contribution is 2.19. The summed E-state index contributed by atoms with van der Waals surface area (Å²) >= 11 is 0. The summed E-state index contributed by atoms with van der Waals surface area (Å²) in [6, 6.07) is 2.93. The lowest BCUT2D eigenvalue weighted by Gasteiger charge is -2.27. The lowest BCUT2D eigenvalue weighted by Crippen LogP contribution is -2.59. The minimum absolute atomic E-state index is 0.0750. The van der Waals surface area contributed by atoms with Gasteiger partial charge in [0, 0.05) is 23.5 Å². The number of carboxylic acid groups (broad SMARTS) is 1. The molecular formula is C25H38N6O6. The lowest BCUT2D eigenvalue weighted by atomic mass is 10.00. The second kappa shape index (κ2) is 14.3. The Morgan fingerprint density at radius 1 is 0.973 bits per heavy atom. The van der Waals surface area contributed by atoms with E-state index in [1.54, 1.807) is 20.0 Å². The minimum Gasteiger partial charge on any atom is -0.480 e. The highest BCUT2D eigenvalue weighted by Gasteiger charge is 2.32. The van der Waals surface area contributed by atoms with Crippen LogP contribution >= 0.6 is 0 Å². The first-order valence-electron chi connectivity index (χ1n) is 12.3. The number of H-pyrrole nitrogens is 1. The van der Waals surface area contributed by atoms with Crippen LogP contribution in [0.3, 0.4) is 0 Å². The average molecular weight is 519 g/mol. The molecule has 4 atom stereocenters. The topological polar surface area (TPSA) is 213 Å². The van der Waals surface area contributed by atoms with Gasteiger partial charge in [-0.05, 0) is 43.4 Å². The summed E-state index contributed by atoms with van der Waals surface area (Å²) in [7, 11) is 0. The maximum atomic E-state index is 13.3. The largest absolute Gasteiger partial charge is 0.480 e. The van der Waals surface area contributed by atoms with E-state index >= 15 is 0 Å². The van der Waals surface area contributed by atoms with E-state index in [0.717, 1.165) is 16.5 Å². The molecule has 0 saturated heterocycles. The molecule has 0 bridgehead atoms. The second-order valence-electron chi connectivity index (χ2n) is 9.33. The molecule has 37 heavy (non-hydrogen) atoms. The number of benzene rings is 1. The van der Waals surface area contributed by atoms with Crippen LogP contribution in [0, 0.1) is 5.92 Å². The van der Waals surface area contributed by atoms with Gasteiger partial charge in [-0.2, -0.15) is 0 Å². The van der Waals surface area contributed by atoms with Gasteiger partial charge in [0.05, 0.1) is 6.61 Å². The molecule has 0 aliphatic heterocycles. The van der Waals surface area contributed by atoms with Gasteiger partial charge < -0.3 is 42.6 Å². The smallest absolute Gasteiger partial charge is 0.326 e. The van der Waals surface area contributed by atoms with E-state index in [1.807, 2.05) is 24.3 Å². The van der Waals surface area contributed by atoms with E-state index in [9.17, 15) is 24.3 Å². The van der Waals surface area contributed by atoms with E-state index in [4.69, 9.17) is 16.6 Å². The number of unbranched alkanes of at least 4 members (excludes halogenated alkanes) is 1. The molecule has 1 heterocycles. The van der Waals surface area contributed by atoms with Crippen LogP contribution in [-0.2, 0) is 25.6 Å². The summed E-state index contributed by atoms with van der Waals surface area (Å²) in [6.07, 6.45) is 3.12. The van der Waals surface area contributed by atoms with Crippen LogP contribution < -0.4 is 27.4 Å².